The SMILES string of the molecule is C=C1CO[C@]2(O)C[C@H](C)C3=C(CC(C)(C)C3)[C@]12O. The molecule has 18 heavy (non-hydrogen) atoms. The molecule has 2 aliphatic carbocycles. The van der Waals surface area contributed by atoms with E-state index in [0.29, 0.717) is 12.0 Å². The van der Waals surface area contributed by atoms with Crippen LogP contribution in [0.3, 0.4) is 0 Å². The third kappa shape index (κ3) is 1.30. The van der Waals surface area contributed by atoms with E-state index in [-0.39, 0.29) is 17.9 Å². The molecule has 0 aromatic rings. The Morgan fingerprint density at radius 2 is 1.94 bits per heavy atom. The summed E-state index contributed by atoms with van der Waals surface area (Å²) in [6, 6.07) is 0. The van der Waals surface area contributed by atoms with Gasteiger partial charge in [0.05, 0.1) is 6.61 Å². The number of hydrogen-bond acceptors (Lipinski definition) is 3. The zero-order valence-electron chi connectivity index (χ0n) is 11.4. The van der Waals surface area contributed by atoms with Gasteiger partial charge in [-0.05, 0) is 35.3 Å². The fourth-order valence-electron chi connectivity index (χ4n) is 3.99. The van der Waals surface area contributed by atoms with Gasteiger partial charge in [-0.3, -0.25) is 0 Å². The van der Waals surface area contributed by atoms with E-state index in [0.717, 1.165) is 18.4 Å². The molecule has 3 aliphatic rings. The standard InChI is InChI=1S/C15H22O3/c1-9-5-14(16)15(17,10(2)8-18-14)12-7-13(3,4)6-11(9)12/h9,16-17H,2,5-8H2,1,3-4H3/t9-,14+,15+/m0/s1. The zero-order valence-corrected chi connectivity index (χ0v) is 11.4. The summed E-state index contributed by atoms with van der Waals surface area (Å²) < 4.78 is 5.48. The highest BCUT2D eigenvalue weighted by molar-refractivity contribution is 5.47. The Labute approximate surface area is 108 Å². The Hall–Kier alpha value is -0.640. The second-order valence-electron chi connectivity index (χ2n) is 7.01. The highest BCUT2D eigenvalue weighted by atomic mass is 16.6. The van der Waals surface area contributed by atoms with Crippen LogP contribution in [-0.4, -0.2) is 28.2 Å². The summed E-state index contributed by atoms with van der Waals surface area (Å²) in [6.45, 7) is 10.7. The number of rotatable bonds is 0. The Kier molecular flexibility index (Phi) is 2.25. The van der Waals surface area contributed by atoms with Gasteiger partial charge in [0.15, 0.2) is 5.60 Å². The second kappa shape index (κ2) is 3.27. The lowest BCUT2D eigenvalue weighted by molar-refractivity contribution is -0.251. The van der Waals surface area contributed by atoms with Gasteiger partial charge < -0.3 is 14.9 Å². The van der Waals surface area contributed by atoms with Crippen molar-refractivity contribution in [2.24, 2.45) is 11.3 Å². The molecule has 3 heteroatoms. The van der Waals surface area contributed by atoms with Crippen molar-refractivity contribution in [1.82, 2.24) is 0 Å². The van der Waals surface area contributed by atoms with E-state index in [1.165, 1.54) is 5.57 Å². The first-order chi connectivity index (χ1) is 8.20. The predicted molar refractivity (Wildman–Crippen MR) is 68.8 cm³/mol. The van der Waals surface area contributed by atoms with Crippen molar-refractivity contribution in [2.45, 2.75) is 51.4 Å². The molecule has 100 valence electrons. The van der Waals surface area contributed by atoms with Crippen molar-refractivity contribution in [3.05, 3.63) is 23.3 Å². The van der Waals surface area contributed by atoms with Crippen molar-refractivity contribution < 1.29 is 14.9 Å². The molecule has 3 rings (SSSR count). The van der Waals surface area contributed by atoms with E-state index in [9.17, 15) is 10.2 Å². The molecule has 2 N–H and O–H groups in total. The third-order valence-electron chi connectivity index (χ3n) is 4.89. The first-order valence-electron chi connectivity index (χ1n) is 6.69. The smallest absolute Gasteiger partial charge is 0.203 e. The van der Waals surface area contributed by atoms with E-state index in [1.54, 1.807) is 0 Å². The number of ether oxygens (including phenoxy) is 1. The van der Waals surface area contributed by atoms with Crippen LogP contribution in [0.4, 0.5) is 0 Å². The summed E-state index contributed by atoms with van der Waals surface area (Å²) in [5.41, 5.74) is 1.67. The van der Waals surface area contributed by atoms with Gasteiger partial charge in [-0.1, -0.05) is 32.9 Å². The lowest BCUT2D eigenvalue weighted by Crippen LogP contribution is -2.56. The minimum absolute atomic E-state index is 0.156. The average molecular weight is 250 g/mol. The van der Waals surface area contributed by atoms with Crippen molar-refractivity contribution in [2.75, 3.05) is 6.61 Å². The monoisotopic (exact) mass is 250 g/mol. The van der Waals surface area contributed by atoms with E-state index in [4.69, 9.17) is 4.74 Å². The highest BCUT2D eigenvalue weighted by Crippen LogP contribution is 2.59. The topological polar surface area (TPSA) is 49.7 Å². The van der Waals surface area contributed by atoms with Crippen molar-refractivity contribution in [3.8, 4) is 0 Å². The molecular weight excluding hydrogens is 228 g/mol. The largest absolute Gasteiger partial charge is 0.375 e. The maximum atomic E-state index is 11.0. The molecule has 1 fully saturated rings. The molecule has 1 saturated heterocycles. The molecule has 0 aromatic carbocycles. The van der Waals surface area contributed by atoms with Crippen LogP contribution in [0.5, 0.6) is 0 Å². The van der Waals surface area contributed by atoms with Gasteiger partial charge in [-0.15, -0.1) is 0 Å². The van der Waals surface area contributed by atoms with Crippen LogP contribution in [0.1, 0.15) is 40.0 Å². The van der Waals surface area contributed by atoms with Gasteiger partial charge in [0.25, 0.3) is 0 Å². The molecule has 0 amide bonds. The van der Waals surface area contributed by atoms with Gasteiger partial charge in [0, 0.05) is 6.42 Å². The van der Waals surface area contributed by atoms with Gasteiger partial charge in [-0.2, -0.15) is 0 Å². The molecule has 0 aromatic heterocycles. The summed E-state index contributed by atoms with van der Waals surface area (Å²) in [5, 5.41) is 21.7. The molecule has 1 aliphatic heterocycles. The molecule has 0 bridgehead atoms. The summed E-state index contributed by atoms with van der Waals surface area (Å²) in [5.74, 6) is -1.21. The second-order valence-corrected chi connectivity index (χ2v) is 7.01. The molecular formula is C15H22O3. The summed E-state index contributed by atoms with van der Waals surface area (Å²) in [7, 11) is 0. The molecule has 0 saturated carbocycles. The summed E-state index contributed by atoms with van der Waals surface area (Å²) in [6.07, 6.45) is 2.26. The van der Waals surface area contributed by atoms with Crippen molar-refractivity contribution in [1.29, 1.82) is 0 Å². The van der Waals surface area contributed by atoms with Crippen LogP contribution in [0.2, 0.25) is 0 Å². The Bertz CT molecular complexity index is 462. The fraction of sp³-hybridized carbons (Fsp3) is 0.733. The highest BCUT2D eigenvalue weighted by Gasteiger charge is 2.64. The molecule has 1 heterocycles. The first kappa shape index (κ1) is 12.4. The molecule has 0 unspecified atom stereocenters. The maximum absolute atomic E-state index is 11.0. The van der Waals surface area contributed by atoms with Gasteiger partial charge >= 0.3 is 0 Å². The molecule has 3 nitrogen and oxygen atoms in total. The Morgan fingerprint density at radius 1 is 1.28 bits per heavy atom. The summed E-state index contributed by atoms with van der Waals surface area (Å²) in [4.78, 5) is 0. The van der Waals surface area contributed by atoms with E-state index in [2.05, 4.69) is 27.4 Å². The van der Waals surface area contributed by atoms with Gasteiger partial charge in [0.2, 0.25) is 5.79 Å². The first-order valence-corrected chi connectivity index (χ1v) is 6.69. The van der Waals surface area contributed by atoms with Gasteiger partial charge in [-0.25, -0.2) is 0 Å². The van der Waals surface area contributed by atoms with Gasteiger partial charge in [0.1, 0.15) is 0 Å². The van der Waals surface area contributed by atoms with Crippen LogP contribution in [-0.2, 0) is 4.74 Å². The fourth-order valence-corrected chi connectivity index (χ4v) is 3.99. The van der Waals surface area contributed by atoms with E-state index in [1.807, 2.05) is 0 Å². The number of hydrogen-bond donors (Lipinski definition) is 2. The number of aliphatic hydroxyl groups is 2. The number of fused-ring (bicyclic) bond motifs is 2. The number of allylic oxidation sites excluding steroid dienone is 1. The van der Waals surface area contributed by atoms with Crippen molar-refractivity contribution >= 4 is 0 Å². The molecule has 0 radical (unpaired) electrons. The summed E-state index contributed by atoms with van der Waals surface area (Å²) >= 11 is 0. The lowest BCUT2D eigenvalue weighted by atomic mass is 9.69. The third-order valence-corrected chi connectivity index (χ3v) is 4.89. The Balaban J connectivity index is 2.16. The van der Waals surface area contributed by atoms with E-state index < -0.39 is 11.4 Å². The minimum Gasteiger partial charge on any atom is -0.375 e. The normalized spacial score (nSPS) is 46.3. The lowest BCUT2D eigenvalue weighted by Gasteiger charge is -2.44. The Morgan fingerprint density at radius 3 is 2.61 bits per heavy atom. The van der Waals surface area contributed by atoms with Crippen molar-refractivity contribution in [3.63, 3.8) is 0 Å². The zero-order chi connectivity index (χ0) is 13.3. The van der Waals surface area contributed by atoms with Crippen LogP contribution in [0.25, 0.3) is 0 Å². The average Bonchev–Trinajstić information content (AvgIpc) is 2.69. The van der Waals surface area contributed by atoms with Crippen LogP contribution in [0, 0.1) is 11.3 Å². The van der Waals surface area contributed by atoms with Crippen LogP contribution >= 0.6 is 0 Å². The van der Waals surface area contributed by atoms with Crippen LogP contribution in [0.15, 0.2) is 23.3 Å². The predicted octanol–water partition coefficient (Wildman–Crippen LogP) is 2.15. The quantitative estimate of drug-likeness (QED) is 0.648. The molecule has 3 atom stereocenters. The minimum atomic E-state index is -1.47. The molecule has 0 spiro atoms. The van der Waals surface area contributed by atoms with Crippen LogP contribution < -0.4 is 0 Å². The maximum Gasteiger partial charge on any atom is 0.203 e. The van der Waals surface area contributed by atoms with E-state index >= 15 is 0 Å².